The van der Waals surface area contributed by atoms with Crippen LogP contribution in [0.5, 0.6) is 0 Å². The molecule has 0 unspecified atom stereocenters. The van der Waals surface area contributed by atoms with Crippen molar-refractivity contribution in [3.8, 4) is 11.1 Å². The lowest BCUT2D eigenvalue weighted by atomic mass is 9.93. The highest BCUT2D eigenvalue weighted by molar-refractivity contribution is 6.05. The summed E-state index contributed by atoms with van der Waals surface area (Å²) in [6.07, 6.45) is 6.65. The van der Waals surface area contributed by atoms with Crippen molar-refractivity contribution in [1.29, 1.82) is 0 Å². The minimum Gasteiger partial charge on any atom is -0.296 e. The minimum atomic E-state index is -0.0868. The van der Waals surface area contributed by atoms with Crippen LogP contribution in [0.2, 0.25) is 0 Å². The summed E-state index contributed by atoms with van der Waals surface area (Å²) in [7, 11) is 0. The zero-order chi connectivity index (χ0) is 20.0. The number of carbonyl (C=O) groups excluding carboxylic acids is 1. The molecule has 0 atom stereocenters. The molecule has 0 bridgehead atoms. The van der Waals surface area contributed by atoms with E-state index in [-0.39, 0.29) is 5.91 Å². The predicted molar refractivity (Wildman–Crippen MR) is 115 cm³/mol. The van der Waals surface area contributed by atoms with Crippen molar-refractivity contribution in [2.75, 3.05) is 6.54 Å². The summed E-state index contributed by atoms with van der Waals surface area (Å²) in [4.78, 5) is 19.5. The van der Waals surface area contributed by atoms with Crippen LogP contribution in [-0.2, 0) is 13.0 Å². The number of allylic oxidation sites excluding steroid dienone is 1. The maximum atomic E-state index is 12.5. The van der Waals surface area contributed by atoms with E-state index in [9.17, 15) is 4.79 Å². The Kier molecular flexibility index (Phi) is 4.68. The first-order valence-corrected chi connectivity index (χ1v) is 9.89. The van der Waals surface area contributed by atoms with Gasteiger partial charge >= 0.3 is 0 Å². The van der Waals surface area contributed by atoms with Gasteiger partial charge in [-0.15, -0.1) is 0 Å². The van der Waals surface area contributed by atoms with E-state index in [1.54, 1.807) is 17.7 Å². The quantitative estimate of drug-likeness (QED) is 0.607. The molecule has 3 heterocycles. The average molecular weight is 374 g/mol. The first kappa shape index (κ1) is 18.6. The number of fused-ring (bicyclic) bond motifs is 2. The SMILES string of the molecule is C=C(C)C(=O)n1cc(C)c2c(-c3ccc4c(c3)CCN(C(C)C)C4)cncc21. The van der Waals surface area contributed by atoms with Gasteiger partial charge in [-0.2, -0.15) is 0 Å². The largest absolute Gasteiger partial charge is 0.296 e. The summed E-state index contributed by atoms with van der Waals surface area (Å²) in [6.45, 7) is 14.2. The third-order valence-corrected chi connectivity index (χ3v) is 5.78. The Labute approximate surface area is 166 Å². The van der Waals surface area contributed by atoms with Crippen molar-refractivity contribution < 1.29 is 4.79 Å². The van der Waals surface area contributed by atoms with E-state index < -0.39 is 0 Å². The van der Waals surface area contributed by atoms with Crippen LogP contribution in [0.4, 0.5) is 0 Å². The predicted octanol–water partition coefficient (Wildman–Crippen LogP) is 4.99. The van der Waals surface area contributed by atoms with Crippen molar-refractivity contribution in [2.24, 2.45) is 0 Å². The molecule has 3 aromatic rings. The number of aromatic nitrogens is 2. The van der Waals surface area contributed by atoms with Crippen LogP contribution in [0.15, 0.2) is 48.9 Å². The molecular formula is C24H27N3O. The van der Waals surface area contributed by atoms with Crippen LogP contribution in [0, 0.1) is 6.92 Å². The molecule has 4 nitrogen and oxygen atoms in total. The highest BCUT2D eigenvalue weighted by Gasteiger charge is 2.20. The summed E-state index contributed by atoms with van der Waals surface area (Å²) in [5.74, 6) is -0.0868. The molecule has 0 saturated heterocycles. The van der Waals surface area contributed by atoms with E-state index in [1.807, 2.05) is 19.3 Å². The molecule has 1 aliphatic heterocycles. The maximum absolute atomic E-state index is 12.5. The van der Waals surface area contributed by atoms with Gasteiger partial charge in [0.1, 0.15) is 0 Å². The van der Waals surface area contributed by atoms with Gasteiger partial charge in [0, 0.05) is 48.0 Å². The maximum Gasteiger partial charge on any atom is 0.257 e. The van der Waals surface area contributed by atoms with Gasteiger partial charge in [0.25, 0.3) is 5.91 Å². The van der Waals surface area contributed by atoms with Crippen molar-refractivity contribution in [3.63, 3.8) is 0 Å². The van der Waals surface area contributed by atoms with E-state index in [4.69, 9.17) is 0 Å². The number of nitrogens with zero attached hydrogens (tertiary/aromatic N) is 3. The first-order valence-electron chi connectivity index (χ1n) is 9.89. The second-order valence-electron chi connectivity index (χ2n) is 8.15. The van der Waals surface area contributed by atoms with E-state index >= 15 is 0 Å². The molecule has 0 aliphatic carbocycles. The Bertz CT molecular complexity index is 1090. The zero-order valence-corrected chi connectivity index (χ0v) is 17.1. The molecule has 144 valence electrons. The fourth-order valence-electron chi connectivity index (χ4n) is 4.15. The Morgan fingerprint density at radius 1 is 1.21 bits per heavy atom. The van der Waals surface area contributed by atoms with Gasteiger partial charge < -0.3 is 0 Å². The number of carbonyl (C=O) groups is 1. The van der Waals surface area contributed by atoms with Crippen LogP contribution in [0.3, 0.4) is 0 Å². The number of aryl methyl sites for hydroxylation is 1. The second-order valence-corrected chi connectivity index (χ2v) is 8.15. The van der Waals surface area contributed by atoms with Crippen molar-refractivity contribution in [1.82, 2.24) is 14.5 Å². The van der Waals surface area contributed by atoms with Crippen molar-refractivity contribution in [2.45, 2.75) is 46.7 Å². The third kappa shape index (κ3) is 3.08. The molecular weight excluding hydrogens is 346 g/mol. The van der Waals surface area contributed by atoms with E-state index in [1.165, 1.54) is 16.7 Å². The summed E-state index contributed by atoms with van der Waals surface area (Å²) in [5.41, 5.74) is 7.51. The number of benzene rings is 1. The van der Waals surface area contributed by atoms with Gasteiger partial charge in [-0.1, -0.05) is 24.8 Å². The lowest BCUT2D eigenvalue weighted by Crippen LogP contribution is -2.35. The van der Waals surface area contributed by atoms with Crippen LogP contribution in [0.25, 0.3) is 22.0 Å². The topological polar surface area (TPSA) is 38.1 Å². The standard InChI is InChI=1S/C24H27N3O/c1-15(2)24(28)27-13-17(5)23-21(11-25-12-22(23)27)19-6-7-20-14-26(16(3)4)9-8-18(20)10-19/h6-7,10-13,16H,1,8-9,14H2,2-5H3. The average Bonchev–Trinajstić information content (AvgIpc) is 3.03. The molecule has 0 radical (unpaired) electrons. The van der Waals surface area contributed by atoms with E-state index in [0.717, 1.165) is 41.5 Å². The highest BCUT2D eigenvalue weighted by Crippen LogP contribution is 2.34. The molecule has 0 N–H and O–H groups in total. The molecule has 2 aromatic heterocycles. The summed E-state index contributed by atoms with van der Waals surface area (Å²) in [6, 6.07) is 7.32. The van der Waals surface area contributed by atoms with Crippen LogP contribution >= 0.6 is 0 Å². The van der Waals surface area contributed by atoms with Gasteiger partial charge in [0.05, 0.1) is 11.7 Å². The molecule has 0 amide bonds. The zero-order valence-electron chi connectivity index (χ0n) is 17.1. The molecule has 1 aliphatic rings. The molecule has 4 rings (SSSR count). The number of rotatable bonds is 3. The van der Waals surface area contributed by atoms with Gasteiger partial charge in [0.2, 0.25) is 0 Å². The number of hydrogen-bond acceptors (Lipinski definition) is 3. The Morgan fingerprint density at radius 2 is 2.00 bits per heavy atom. The van der Waals surface area contributed by atoms with E-state index in [2.05, 4.69) is 48.5 Å². The lowest BCUT2D eigenvalue weighted by Gasteiger charge is -2.32. The van der Waals surface area contributed by atoms with Gasteiger partial charge in [-0.05, 0) is 56.4 Å². The fraction of sp³-hybridized carbons (Fsp3) is 0.333. The lowest BCUT2D eigenvalue weighted by molar-refractivity contribution is 0.0960. The van der Waals surface area contributed by atoms with Gasteiger partial charge in [-0.3, -0.25) is 19.2 Å². The summed E-state index contributed by atoms with van der Waals surface area (Å²) in [5, 5.41) is 1.09. The van der Waals surface area contributed by atoms with Gasteiger partial charge in [-0.25, -0.2) is 0 Å². The Hall–Kier alpha value is -2.72. The van der Waals surface area contributed by atoms with Crippen LogP contribution in [-0.4, -0.2) is 32.9 Å². The second kappa shape index (κ2) is 7.02. The molecule has 28 heavy (non-hydrogen) atoms. The molecule has 4 heteroatoms. The molecule has 1 aromatic carbocycles. The first-order chi connectivity index (χ1) is 13.4. The number of hydrogen-bond donors (Lipinski definition) is 0. The minimum absolute atomic E-state index is 0.0868. The van der Waals surface area contributed by atoms with Crippen molar-refractivity contribution in [3.05, 3.63) is 65.6 Å². The monoisotopic (exact) mass is 373 g/mol. The molecule has 0 saturated carbocycles. The fourth-order valence-corrected chi connectivity index (χ4v) is 4.15. The smallest absolute Gasteiger partial charge is 0.257 e. The van der Waals surface area contributed by atoms with Crippen LogP contribution < -0.4 is 0 Å². The highest BCUT2D eigenvalue weighted by atomic mass is 16.2. The van der Waals surface area contributed by atoms with Gasteiger partial charge in [0.15, 0.2) is 0 Å². The van der Waals surface area contributed by atoms with Crippen LogP contribution in [0.1, 0.15) is 42.3 Å². The third-order valence-electron chi connectivity index (χ3n) is 5.78. The summed E-state index contributed by atoms with van der Waals surface area (Å²) >= 11 is 0. The normalized spacial score (nSPS) is 14.5. The number of pyridine rings is 1. The Morgan fingerprint density at radius 3 is 2.71 bits per heavy atom. The summed E-state index contributed by atoms with van der Waals surface area (Å²) < 4.78 is 1.67. The Balaban J connectivity index is 1.81. The van der Waals surface area contributed by atoms with Crippen molar-refractivity contribution >= 4 is 16.8 Å². The molecule has 0 fully saturated rings. The van der Waals surface area contributed by atoms with E-state index in [0.29, 0.717) is 11.6 Å². The molecule has 0 spiro atoms.